The Morgan fingerprint density at radius 3 is 2.82 bits per heavy atom. The van der Waals surface area contributed by atoms with Crippen molar-refractivity contribution >= 4 is 11.3 Å². The Hall–Kier alpha value is -0.640. The van der Waals surface area contributed by atoms with E-state index in [2.05, 4.69) is 35.9 Å². The summed E-state index contributed by atoms with van der Waals surface area (Å²) in [5.41, 5.74) is 0. The van der Waals surface area contributed by atoms with Crippen LogP contribution < -0.4 is 5.32 Å². The highest BCUT2D eigenvalue weighted by atomic mass is 32.1. The molecule has 1 fully saturated rings. The molecule has 1 atom stereocenters. The monoisotopic (exact) mass is 250 g/mol. The first-order valence-electron chi connectivity index (χ1n) is 6.43. The molecule has 0 radical (unpaired) electrons. The molecule has 0 unspecified atom stereocenters. The van der Waals surface area contributed by atoms with Gasteiger partial charge in [-0.1, -0.05) is 6.08 Å². The van der Waals surface area contributed by atoms with Crippen LogP contribution in [0, 0.1) is 6.92 Å². The van der Waals surface area contributed by atoms with Gasteiger partial charge in [-0.3, -0.25) is 4.90 Å². The van der Waals surface area contributed by atoms with Crippen LogP contribution in [0.1, 0.15) is 28.6 Å². The molecular weight excluding hydrogens is 228 g/mol. The second-order valence-electron chi connectivity index (χ2n) is 4.62. The fourth-order valence-electron chi connectivity index (χ4n) is 2.41. The zero-order valence-electron chi connectivity index (χ0n) is 10.6. The van der Waals surface area contributed by atoms with Crippen molar-refractivity contribution in [2.45, 2.75) is 25.8 Å². The third-order valence-corrected chi connectivity index (χ3v) is 4.43. The summed E-state index contributed by atoms with van der Waals surface area (Å²) in [7, 11) is 0. The number of piperazine rings is 1. The van der Waals surface area contributed by atoms with E-state index in [1.165, 1.54) is 29.3 Å². The van der Waals surface area contributed by atoms with Crippen LogP contribution >= 0.6 is 11.3 Å². The molecule has 2 rings (SSSR count). The summed E-state index contributed by atoms with van der Waals surface area (Å²) in [6.45, 7) is 10.6. The molecule has 0 spiro atoms. The maximum absolute atomic E-state index is 3.85. The maximum atomic E-state index is 3.85. The number of aryl methyl sites for hydroxylation is 1. The molecular formula is C14H22N2S. The Morgan fingerprint density at radius 2 is 2.24 bits per heavy atom. The zero-order valence-corrected chi connectivity index (χ0v) is 11.4. The van der Waals surface area contributed by atoms with Gasteiger partial charge in [0.05, 0.1) is 0 Å². The summed E-state index contributed by atoms with van der Waals surface area (Å²) < 4.78 is 0. The summed E-state index contributed by atoms with van der Waals surface area (Å²) in [5, 5.41) is 3.42. The van der Waals surface area contributed by atoms with Crippen LogP contribution in [0.5, 0.6) is 0 Å². The van der Waals surface area contributed by atoms with Crippen LogP contribution in [-0.4, -0.2) is 31.1 Å². The van der Waals surface area contributed by atoms with Gasteiger partial charge < -0.3 is 5.32 Å². The fraction of sp³-hybridized carbons (Fsp3) is 0.571. The molecule has 2 heterocycles. The average Bonchev–Trinajstić information content (AvgIpc) is 2.78. The van der Waals surface area contributed by atoms with Gasteiger partial charge in [0.1, 0.15) is 0 Å². The lowest BCUT2D eigenvalue weighted by atomic mass is 10.1. The van der Waals surface area contributed by atoms with Crippen molar-refractivity contribution in [2.24, 2.45) is 0 Å². The fourth-order valence-corrected chi connectivity index (χ4v) is 3.45. The van der Waals surface area contributed by atoms with Gasteiger partial charge in [-0.25, -0.2) is 0 Å². The van der Waals surface area contributed by atoms with Crippen molar-refractivity contribution in [1.29, 1.82) is 0 Å². The molecule has 1 aromatic rings. The van der Waals surface area contributed by atoms with E-state index in [1.807, 2.05) is 17.4 Å². The van der Waals surface area contributed by atoms with Gasteiger partial charge in [-0.05, 0) is 31.9 Å². The van der Waals surface area contributed by atoms with Crippen LogP contribution in [-0.2, 0) is 0 Å². The predicted octanol–water partition coefficient (Wildman–Crippen LogP) is 2.97. The Balaban J connectivity index is 2.08. The van der Waals surface area contributed by atoms with Crippen LogP contribution in [0.4, 0.5) is 0 Å². The zero-order chi connectivity index (χ0) is 12.1. The Bertz CT molecular complexity index is 353. The van der Waals surface area contributed by atoms with Crippen molar-refractivity contribution in [3.05, 3.63) is 34.5 Å². The van der Waals surface area contributed by atoms with E-state index in [0.717, 1.165) is 19.5 Å². The van der Waals surface area contributed by atoms with Gasteiger partial charge in [-0.15, -0.1) is 17.9 Å². The highest BCUT2D eigenvalue weighted by Gasteiger charge is 2.22. The van der Waals surface area contributed by atoms with Crippen LogP contribution in [0.2, 0.25) is 0 Å². The number of thiophene rings is 1. The SMILES string of the molecule is C=CCC[C@@H](c1ccc(C)s1)N1CCNCC1. The lowest BCUT2D eigenvalue weighted by Crippen LogP contribution is -2.45. The van der Waals surface area contributed by atoms with Crippen molar-refractivity contribution in [1.82, 2.24) is 10.2 Å². The number of hydrogen-bond donors (Lipinski definition) is 1. The van der Waals surface area contributed by atoms with Crippen molar-refractivity contribution in [3.63, 3.8) is 0 Å². The van der Waals surface area contributed by atoms with Crippen molar-refractivity contribution in [2.75, 3.05) is 26.2 Å². The summed E-state index contributed by atoms with van der Waals surface area (Å²) in [6, 6.07) is 5.13. The van der Waals surface area contributed by atoms with Gasteiger partial charge in [0.25, 0.3) is 0 Å². The van der Waals surface area contributed by atoms with Gasteiger partial charge in [0.2, 0.25) is 0 Å². The summed E-state index contributed by atoms with van der Waals surface area (Å²) >= 11 is 1.94. The minimum absolute atomic E-state index is 0.591. The normalized spacial score (nSPS) is 19.1. The molecule has 0 bridgehead atoms. The molecule has 0 aromatic carbocycles. The van der Waals surface area contributed by atoms with Gasteiger partial charge >= 0.3 is 0 Å². The molecule has 3 heteroatoms. The first-order chi connectivity index (χ1) is 8.31. The minimum atomic E-state index is 0.591. The number of nitrogens with zero attached hydrogens (tertiary/aromatic N) is 1. The molecule has 2 nitrogen and oxygen atoms in total. The summed E-state index contributed by atoms with van der Waals surface area (Å²) in [4.78, 5) is 5.55. The predicted molar refractivity (Wildman–Crippen MR) is 75.7 cm³/mol. The van der Waals surface area contributed by atoms with Gasteiger partial charge in [0, 0.05) is 42.0 Å². The van der Waals surface area contributed by atoms with E-state index in [1.54, 1.807) is 0 Å². The molecule has 0 saturated carbocycles. The van der Waals surface area contributed by atoms with E-state index in [-0.39, 0.29) is 0 Å². The lowest BCUT2D eigenvalue weighted by molar-refractivity contribution is 0.168. The van der Waals surface area contributed by atoms with Crippen LogP contribution in [0.25, 0.3) is 0 Å². The molecule has 1 N–H and O–H groups in total. The highest BCUT2D eigenvalue weighted by Crippen LogP contribution is 2.31. The van der Waals surface area contributed by atoms with Crippen molar-refractivity contribution in [3.8, 4) is 0 Å². The second kappa shape index (κ2) is 6.34. The number of hydrogen-bond acceptors (Lipinski definition) is 3. The Labute approximate surface area is 108 Å². The number of allylic oxidation sites excluding steroid dienone is 1. The molecule has 94 valence electrons. The molecule has 17 heavy (non-hydrogen) atoms. The summed E-state index contributed by atoms with van der Waals surface area (Å²) in [6.07, 6.45) is 4.34. The van der Waals surface area contributed by atoms with Gasteiger partial charge in [-0.2, -0.15) is 0 Å². The third kappa shape index (κ3) is 3.41. The molecule has 1 aromatic heterocycles. The first kappa shape index (κ1) is 12.8. The Morgan fingerprint density at radius 1 is 1.47 bits per heavy atom. The van der Waals surface area contributed by atoms with E-state index in [0.29, 0.717) is 6.04 Å². The standard InChI is InChI=1S/C14H22N2S/c1-3-4-5-13(14-7-6-12(2)17-14)16-10-8-15-9-11-16/h3,6-7,13,15H,1,4-5,8-11H2,2H3/t13-/m0/s1. The number of nitrogens with one attached hydrogen (secondary N) is 1. The topological polar surface area (TPSA) is 15.3 Å². The van der Waals surface area contributed by atoms with Crippen LogP contribution in [0.3, 0.4) is 0 Å². The minimum Gasteiger partial charge on any atom is -0.314 e. The second-order valence-corrected chi connectivity index (χ2v) is 5.94. The lowest BCUT2D eigenvalue weighted by Gasteiger charge is -2.34. The molecule has 1 aliphatic heterocycles. The quantitative estimate of drug-likeness (QED) is 0.808. The third-order valence-electron chi connectivity index (χ3n) is 3.33. The highest BCUT2D eigenvalue weighted by molar-refractivity contribution is 7.12. The summed E-state index contributed by atoms with van der Waals surface area (Å²) in [5.74, 6) is 0. The molecule has 0 amide bonds. The first-order valence-corrected chi connectivity index (χ1v) is 7.25. The average molecular weight is 250 g/mol. The molecule has 1 aliphatic rings. The molecule has 0 aliphatic carbocycles. The van der Waals surface area contributed by atoms with E-state index in [4.69, 9.17) is 0 Å². The van der Waals surface area contributed by atoms with E-state index < -0.39 is 0 Å². The van der Waals surface area contributed by atoms with E-state index >= 15 is 0 Å². The Kier molecular flexibility index (Phi) is 4.77. The van der Waals surface area contributed by atoms with Crippen LogP contribution in [0.15, 0.2) is 24.8 Å². The number of rotatable bonds is 5. The van der Waals surface area contributed by atoms with Gasteiger partial charge in [0.15, 0.2) is 0 Å². The van der Waals surface area contributed by atoms with Crippen molar-refractivity contribution < 1.29 is 0 Å². The van der Waals surface area contributed by atoms with E-state index in [9.17, 15) is 0 Å². The largest absolute Gasteiger partial charge is 0.314 e. The smallest absolute Gasteiger partial charge is 0.0445 e. The maximum Gasteiger partial charge on any atom is 0.0445 e. The molecule has 1 saturated heterocycles.